The van der Waals surface area contributed by atoms with E-state index in [0.717, 1.165) is 17.9 Å². The van der Waals surface area contributed by atoms with Crippen molar-refractivity contribution < 1.29 is 13.2 Å². The number of methoxy groups -OCH3 is 1. The van der Waals surface area contributed by atoms with Gasteiger partial charge in [-0.15, -0.1) is 0 Å². The second-order valence-corrected chi connectivity index (χ2v) is 8.13. The molecule has 20 heavy (non-hydrogen) atoms. The third-order valence-corrected chi connectivity index (χ3v) is 6.04. The van der Waals surface area contributed by atoms with E-state index in [1.807, 2.05) is 31.2 Å². The largest absolute Gasteiger partial charge is 0.497 e. The van der Waals surface area contributed by atoms with E-state index in [1.165, 1.54) is 6.26 Å². The van der Waals surface area contributed by atoms with Gasteiger partial charge in [-0.3, -0.25) is 0 Å². The molecule has 5 heteroatoms. The summed E-state index contributed by atoms with van der Waals surface area (Å²) >= 11 is 0. The van der Waals surface area contributed by atoms with Crippen LogP contribution in [0.15, 0.2) is 24.3 Å². The van der Waals surface area contributed by atoms with Crippen LogP contribution in [0.25, 0.3) is 0 Å². The molecular formula is C15H25NO3S. The molecule has 0 radical (unpaired) electrons. The number of sulfone groups is 1. The van der Waals surface area contributed by atoms with Gasteiger partial charge in [-0.1, -0.05) is 19.1 Å². The Bertz CT molecular complexity index is 521. The average Bonchev–Trinajstić information content (AvgIpc) is 2.37. The topological polar surface area (TPSA) is 55.4 Å². The van der Waals surface area contributed by atoms with E-state index >= 15 is 0 Å². The Morgan fingerprint density at radius 1 is 1.25 bits per heavy atom. The summed E-state index contributed by atoms with van der Waals surface area (Å²) < 4.78 is 28.3. The second-order valence-electron chi connectivity index (χ2n) is 5.54. The summed E-state index contributed by atoms with van der Waals surface area (Å²) in [6.07, 6.45) is 1.96. The van der Waals surface area contributed by atoms with E-state index in [-0.39, 0.29) is 6.04 Å². The zero-order chi connectivity index (χ0) is 15.4. The Balaban J connectivity index is 2.97. The van der Waals surface area contributed by atoms with Crippen LogP contribution in [0.4, 0.5) is 0 Å². The van der Waals surface area contributed by atoms with Crippen LogP contribution in [0.2, 0.25) is 0 Å². The normalized spacial score (nSPS) is 14.1. The van der Waals surface area contributed by atoms with Crippen molar-refractivity contribution in [2.24, 2.45) is 0 Å². The summed E-state index contributed by atoms with van der Waals surface area (Å²) in [6, 6.07) is 7.61. The minimum absolute atomic E-state index is 0.129. The fourth-order valence-corrected chi connectivity index (χ4v) is 2.75. The van der Waals surface area contributed by atoms with Gasteiger partial charge in [0, 0.05) is 12.3 Å². The van der Waals surface area contributed by atoms with Crippen molar-refractivity contribution in [2.75, 3.05) is 19.9 Å². The molecule has 0 aromatic heterocycles. The molecule has 1 atom stereocenters. The number of rotatable bonds is 7. The molecule has 0 spiro atoms. The molecule has 0 heterocycles. The first-order chi connectivity index (χ1) is 9.22. The van der Waals surface area contributed by atoms with Crippen LogP contribution in [0.1, 0.15) is 26.3 Å². The highest BCUT2D eigenvalue weighted by atomic mass is 32.2. The number of nitrogens with one attached hydrogen (secondary N) is 1. The predicted octanol–water partition coefficient (Wildman–Crippen LogP) is 2.04. The van der Waals surface area contributed by atoms with Crippen molar-refractivity contribution >= 4 is 9.84 Å². The standard InChI is InChI=1S/C15H25NO3S/c1-6-16-14(15(2,3)20(5,17)18)11-12-7-9-13(19-4)10-8-12/h7-10,14,16H,6,11H2,1-5H3. The zero-order valence-electron chi connectivity index (χ0n) is 12.9. The lowest BCUT2D eigenvalue weighted by Crippen LogP contribution is -2.52. The maximum absolute atomic E-state index is 12.0. The molecule has 0 aliphatic heterocycles. The first kappa shape index (κ1) is 17.0. The quantitative estimate of drug-likeness (QED) is 0.837. The molecule has 0 saturated heterocycles. The van der Waals surface area contributed by atoms with E-state index in [0.29, 0.717) is 6.42 Å². The molecule has 114 valence electrons. The molecule has 1 aromatic carbocycles. The lowest BCUT2D eigenvalue weighted by Gasteiger charge is -2.33. The van der Waals surface area contributed by atoms with E-state index in [9.17, 15) is 8.42 Å². The van der Waals surface area contributed by atoms with Crippen LogP contribution < -0.4 is 10.1 Å². The van der Waals surface area contributed by atoms with Gasteiger partial charge in [-0.05, 0) is 44.5 Å². The number of ether oxygens (including phenoxy) is 1. The van der Waals surface area contributed by atoms with Crippen LogP contribution in [0.3, 0.4) is 0 Å². The molecule has 0 saturated carbocycles. The Labute approximate surface area is 122 Å². The summed E-state index contributed by atoms with van der Waals surface area (Å²) in [5.74, 6) is 0.802. The Morgan fingerprint density at radius 2 is 1.80 bits per heavy atom. The molecule has 0 amide bonds. The molecule has 1 aromatic rings. The van der Waals surface area contributed by atoms with Gasteiger partial charge in [0.15, 0.2) is 9.84 Å². The van der Waals surface area contributed by atoms with Gasteiger partial charge >= 0.3 is 0 Å². The first-order valence-corrected chi connectivity index (χ1v) is 8.67. The average molecular weight is 299 g/mol. The van der Waals surface area contributed by atoms with E-state index in [4.69, 9.17) is 4.74 Å². The van der Waals surface area contributed by atoms with Crippen LogP contribution in [-0.2, 0) is 16.3 Å². The fraction of sp³-hybridized carbons (Fsp3) is 0.600. The molecule has 0 bridgehead atoms. The van der Waals surface area contributed by atoms with Crippen molar-refractivity contribution in [1.29, 1.82) is 0 Å². The first-order valence-electron chi connectivity index (χ1n) is 6.78. The van der Waals surface area contributed by atoms with Gasteiger partial charge in [-0.2, -0.15) is 0 Å². The molecule has 1 unspecified atom stereocenters. The van der Waals surface area contributed by atoms with Crippen molar-refractivity contribution in [1.82, 2.24) is 5.32 Å². The van der Waals surface area contributed by atoms with Gasteiger partial charge in [0.05, 0.1) is 11.9 Å². The summed E-state index contributed by atoms with van der Waals surface area (Å²) in [7, 11) is -1.52. The van der Waals surface area contributed by atoms with E-state index in [2.05, 4.69) is 5.32 Å². The number of hydrogen-bond donors (Lipinski definition) is 1. The molecule has 0 fully saturated rings. The zero-order valence-corrected chi connectivity index (χ0v) is 13.8. The summed E-state index contributed by atoms with van der Waals surface area (Å²) in [5.41, 5.74) is 1.09. The highest BCUT2D eigenvalue weighted by Gasteiger charge is 2.38. The second kappa shape index (κ2) is 6.59. The maximum Gasteiger partial charge on any atom is 0.154 e. The smallest absolute Gasteiger partial charge is 0.154 e. The highest BCUT2D eigenvalue weighted by molar-refractivity contribution is 7.92. The Hall–Kier alpha value is -1.07. The summed E-state index contributed by atoms with van der Waals surface area (Å²) in [4.78, 5) is 0. The van der Waals surface area contributed by atoms with Crippen molar-refractivity contribution in [2.45, 2.75) is 38.0 Å². The molecule has 1 N–H and O–H groups in total. The van der Waals surface area contributed by atoms with Crippen LogP contribution in [-0.4, -0.2) is 39.1 Å². The minimum Gasteiger partial charge on any atom is -0.497 e. The van der Waals surface area contributed by atoms with E-state index < -0.39 is 14.6 Å². The lowest BCUT2D eigenvalue weighted by molar-refractivity contribution is 0.409. The van der Waals surface area contributed by atoms with Crippen molar-refractivity contribution in [3.63, 3.8) is 0 Å². The number of benzene rings is 1. The predicted molar refractivity (Wildman–Crippen MR) is 83.1 cm³/mol. The number of hydrogen-bond acceptors (Lipinski definition) is 4. The van der Waals surface area contributed by atoms with Crippen molar-refractivity contribution in [3.8, 4) is 5.75 Å². The van der Waals surface area contributed by atoms with Crippen LogP contribution >= 0.6 is 0 Å². The lowest BCUT2D eigenvalue weighted by atomic mass is 9.95. The molecular weight excluding hydrogens is 274 g/mol. The summed E-state index contributed by atoms with van der Waals surface area (Å²) in [5, 5.41) is 3.30. The maximum atomic E-state index is 12.0. The molecule has 4 nitrogen and oxygen atoms in total. The van der Waals surface area contributed by atoms with Gasteiger partial charge in [-0.25, -0.2) is 8.42 Å². The minimum atomic E-state index is -3.14. The third-order valence-electron chi connectivity index (χ3n) is 3.84. The SMILES string of the molecule is CCNC(Cc1ccc(OC)cc1)C(C)(C)S(C)(=O)=O. The van der Waals surface area contributed by atoms with Crippen LogP contribution in [0.5, 0.6) is 5.75 Å². The number of likely N-dealkylation sites (N-methyl/N-ethyl adjacent to an activating group) is 1. The van der Waals surface area contributed by atoms with Gasteiger partial charge in [0.25, 0.3) is 0 Å². The molecule has 1 rings (SSSR count). The molecule has 0 aliphatic rings. The fourth-order valence-electron chi connectivity index (χ4n) is 2.07. The Kier molecular flexibility index (Phi) is 5.59. The summed E-state index contributed by atoms with van der Waals surface area (Å²) in [6.45, 7) is 6.28. The van der Waals surface area contributed by atoms with Crippen molar-refractivity contribution in [3.05, 3.63) is 29.8 Å². The van der Waals surface area contributed by atoms with E-state index in [1.54, 1.807) is 21.0 Å². The van der Waals surface area contributed by atoms with Gasteiger partial charge < -0.3 is 10.1 Å². The third kappa shape index (κ3) is 3.96. The molecule has 0 aliphatic carbocycles. The Morgan fingerprint density at radius 3 is 2.20 bits per heavy atom. The van der Waals surface area contributed by atoms with Gasteiger partial charge in [0.2, 0.25) is 0 Å². The van der Waals surface area contributed by atoms with Crippen LogP contribution in [0, 0.1) is 0 Å². The monoisotopic (exact) mass is 299 g/mol. The highest BCUT2D eigenvalue weighted by Crippen LogP contribution is 2.24. The van der Waals surface area contributed by atoms with Gasteiger partial charge in [0.1, 0.15) is 5.75 Å².